The molecule has 3 rings (SSSR count). The number of hydrogen-bond donors (Lipinski definition) is 1. The number of thiazole rings is 1. The molecule has 0 aliphatic heterocycles. The lowest BCUT2D eigenvalue weighted by Gasteiger charge is -2.20. The molecule has 0 aliphatic carbocycles. The van der Waals surface area contributed by atoms with Crippen molar-refractivity contribution >= 4 is 28.9 Å². The van der Waals surface area contributed by atoms with Gasteiger partial charge in [0.2, 0.25) is 11.7 Å². The second-order valence-corrected chi connectivity index (χ2v) is 7.98. The van der Waals surface area contributed by atoms with Gasteiger partial charge in [-0.1, -0.05) is 28.9 Å². The standard InChI is InChI=1S/C20H25ClN6O2S/c1-13(28-4)19-24-16(12-30-19)11-27(3)20(22-2)23-9-8-17-25-18(26-29-17)14-6-5-7-15(21)10-14/h5-7,10,12-13H,8-9,11H2,1-4H3,(H,22,23). The van der Waals surface area contributed by atoms with Crippen LogP contribution in [-0.4, -0.2) is 53.7 Å². The molecule has 0 saturated heterocycles. The number of nitrogens with zero attached hydrogens (tertiary/aromatic N) is 5. The largest absolute Gasteiger partial charge is 0.375 e. The van der Waals surface area contributed by atoms with E-state index in [-0.39, 0.29) is 6.10 Å². The van der Waals surface area contributed by atoms with Crippen LogP contribution in [0.1, 0.15) is 29.6 Å². The number of nitrogens with one attached hydrogen (secondary N) is 1. The number of methoxy groups -OCH3 is 1. The topological polar surface area (TPSA) is 88.7 Å². The van der Waals surface area contributed by atoms with Gasteiger partial charge < -0.3 is 19.5 Å². The third-order valence-electron chi connectivity index (χ3n) is 4.42. The summed E-state index contributed by atoms with van der Waals surface area (Å²) >= 11 is 7.62. The van der Waals surface area contributed by atoms with Crippen LogP contribution in [0.2, 0.25) is 5.02 Å². The Labute approximate surface area is 184 Å². The van der Waals surface area contributed by atoms with Crippen LogP contribution in [0.25, 0.3) is 11.4 Å². The molecule has 1 N–H and O–H groups in total. The quantitative estimate of drug-likeness (QED) is 0.414. The molecule has 2 aromatic heterocycles. The molecular weight excluding hydrogens is 424 g/mol. The average molecular weight is 449 g/mol. The van der Waals surface area contributed by atoms with E-state index in [4.69, 9.17) is 20.9 Å². The van der Waals surface area contributed by atoms with Gasteiger partial charge in [-0.25, -0.2) is 4.98 Å². The highest BCUT2D eigenvalue weighted by atomic mass is 35.5. The van der Waals surface area contributed by atoms with Crippen LogP contribution in [0.3, 0.4) is 0 Å². The molecule has 0 fully saturated rings. The highest BCUT2D eigenvalue weighted by molar-refractivity contribution is 7.09. The minimum atomic E-state index is -0.00213. The summed E-state index contributed by atoms with van der Waals surface area (Å²) in [4.78, 5) is 15.4. The molecular formula is C20H25ClN6O2S. The highest BCUT2D eigenvalue weighted by Crippen LogP contribution is 2.21. The molecule has 0 amide bonds. The first-order valence-corrected chi connectivity index (χ1v) is 10.7. The van der Waals surface area contributed by atoms with Gasteiger partial charge in [0.05, 0.1) is 12.2 Å². The molecule has 10 heteroatoms. The van der Waals surface area contributed by atoms with Gasteiger partial charge in [0, 0.05) is 50.1 Å². The minimum absolute atomic E-state index is 0.00213. The van der Waals surface area contributed by atoms with Crippen molar-refractivity contribution in [2.24, 2.45) is 4.99 Å². The van der Waals surface area contributed by atoms with Crippen LogP contribution >= 0.6 is 22.9 Å². The van der Waals surface area contributed by atoms with Crippen LogP contribution in [-0.2, 0) is 17.7 Å². The molecule has 2 heterocycles. The van der Waals surface area contributed by atoms with Crippen molar-refractivity contribution in [3.8, 4) is 11.4 Å². The first-order valence-electron chi connectivity index (χ1n) is 9.47. The van der Waals surface area contributed by atoms with Gasteiger partial charge in [0.25, 0.3) is 0 Å². The lowest BCUT2D eigenvalue weighted by atomic mass is 10.2. The third kappa shape index (κ3) is 5.78. The monoisotopic (exact) mass is 448 g/mol. The van der Waals surface area contributed by atoms with E-state index in [0.717, 1.165) is 22.2 Å². The van der Waals surface area contributed by atoms with Gasteiger partial charge in [0.1, 0.15) is 11.1 Å². The van der Waals surface area contributed by atoms with Gasteiger partial charge in [-0.2, -0.15) is 4.98 Å². The molecule has 1 unspecified atom stereocenters. The van der Waals surface area contributed by atoms with Gasteiger partial charge >= 0.3 is 0 Å². The Hall–Kier alpha value is -2.49. The zero-order valence-electron chi connectivity index (χ0n) is 17.4. The summed E-state index contributed by atoms with van der Waals surface area (Å²) < 4.78 is 10.7. The van der Waals surface area contributed by atoms with Crippen molar-refractivity contribution < 1.29 is 9.26 Å². The fourth-order valence-electron chi connectivity index (χ4n) is 2.77. The molecule has 0 radical (unpaired) electrons. The van der Waals surface area contributed by atoms with Crippen molar-refractivity contribution in [3.63, 3.8) is 0 Å². The lowest BCUT2D eigenvalue weighted by molar-refractivity contribution is 0.119. The summed E-state index contributed by atoms with van der Waals surface area (Å²) in [5.74, 6) is 1.84. The second-order valence-electron chi connectivity index (χ2n) is 6.66. The van der Waals surface area contributed by atoms with Crippen molar-refractivity contribution in [3.05, 3.63) is 51.3 Å². The number of rotatable bonds is 8. The molecule has 0 aliphatic rings. The summed E-state index contributed by atoms with van der Waals surface area (Å²) in [5.41, 5.74) is 1.80. The van der Waals surface area contributed by atoms with Crippen molar-refractivity contribution in [2.45, 2.75) is 26.0 Å². The van der Waals surface area contributed by atoms with E-state index in [1.54, 1.807) is 25.5 Å². The minimum Gasteiger partial charge on any atom is -0.375 e. The van der Waals surface area contributed by atoms with Crippen molar-refractivity contribution in [1.29, 1.82) is 0 Å². The molecule has 1 aromatic carbocycles. The number of hydrogen-bond acceptors (Lipinski definition) is 7. The summed E-state index contributed by atoms with van der Waals surface area (Å²) in [6.45, 7) is 3.24. The van der Waals surface area contributed by atoms with Crippen molar-refractivity contribution in [1.82, 2.24) is 25.3 Å². The van der Waals surface area contributed by atoms with E-state index in [0.29, 0.717) is 36.2 Å². The molecule has 0 saturated carbocycles. The van der Waals surface area contributed by atoms with E-state index in [1.165, 1.54) is 0 Å². The molecule has 8 nitrogen and oxygen atoms in total. The molecule has 3 aromatic rings. The molecule has 0 bridgehead atoms. The summed E-state index contributed by atoms with van der Waals surface area (Å²) in [7, 11) is 5.41. The van der Waals surface area contributed by atoms with E-state index < -0.39 is 0 Å². The number of halogens is 1. The van der Waals surface area contributed by atoms with Crippen LogP contribution in [0.5, 0.6) is 0 Å². The molecule has 1 atom stereocenters. The Balaban J connectivity index is 1.51. The Morgan fingerprint density at radius 1 is 1.40 bits per heavy atom. The zero-order valence-corrected chi connectivity index (χ0v) is 19.0. The van der Waals surface area contributed by atoms with Gasteiger partial charge in [-0.15, -0.1) is 11.3 Å². The first-order chi connectivity index (χ1) is 14.5. The van der Waals surface area contributed by atoms with Crippen LogP contribution in [0.15, 0.2) is 39.2 Å². The Bertz CT molecular complexity index is 989. The number of guanidine groups is 1. The zero-order chi connectivity index (χ0) is 21.5. The van der Waals surface area contributed by atoms with Crippen LogP contribution < -0.4 is 5.32 Å². The maximum Gasteiger partial charge on any atom is 0.228 e. The fourth-order valence-corrected chi connectivity index (χ4v) is 3.80. The predicted molar refractivity (Wildman–Crippen MR) is 119 cm³/mol. The number of aliphatic imine (C=N–C) groups is 1. The smallest absolute Gasteiger partial charge is 0.228 e. The van der Waals surface area contributed by atoms with E-state index in [2.05, 4.69) is 25.4 Å². The lowest BCUT2D eigenvalue weighted by Crippen LogP contribution is -2.39. The maximum absolute atomic E-state index is 6.02. The summed E-state index contributed by atoms with van der Waals surface area (Å²) in [6, 6.07) is 7.37. The Morgan fingerprint density at radius 3 is 2.97 bits per heavy atom. The Kier molecular flexibility index (Phi) is 7.78. The summed E-state index contributed by atoms with van der Waals surface area (Å²) in [5, 5.41) is 11.0. The first kappa shape index (κ1) is 22.2. The number of ether oxygens (including phenoxy) is 1. The maximum atomic E-state index is 6.02. The third-order valence-corrected chi connectivity index (χ3v) is 5.71. The van der Waals surface area contributed by atoms with E-state index in [9.17, 15) is 0 Å². The fraction of sp³-hybridized carbons (Fsp3) is 0.400. The van der Waals surface area contributed by atoms with Crippen molar-refractivity contribution in [2.75, 3.05) is 27.7 Å². The number of aromatic nitrogens is 3. The summed E-state index contributed by atoms with van der Waals surface area (Å²) in [6.07, 6.45) is 0.574. The van der Waals surface area contributed by atoms with E-state index in [1.807, 2.05) is 48.5 Å². The van der Waals surface area contributed by atoms with Gasteiger partial charge in [-0.3, -0.25) is 4.99 Å². The normalized spacial score (nSPS) is 12.8. The SMILES string of the molecule is CN=C(NCCc1nc(-c2cccc(Cl)c2)no1)N(C)Cc1csc(C(C)OC)n1. The number of benzene rings is 1. The predicted octanol–water partition coefficient (Wildman–Crippen LogP) is 3.80. The highest BCUT2D eigenvalue weighted by Gasteiger charge is 2.13. The second kappa shape index (κ2) is 10.5. The molecule has 30 heavy (non-hydrogen) atoms. The van der Waals surface area contributed by atoms with Crippen LogP contribution in [0.4, 0.5) is 0 Å². The average Bonchev–Trinajstić information content (AvgIpc) is 3.40. The molecule has 160 valence electrons. The Morgan fingerprint density at radius 2 is 2.23 bits per heavy atom. The van der Waals surface area contributed by atoms with E-state index >= 15 is 0 Å². The molecule has 0 spiro atoms. The van der Waals surface area contributed by atoms with Gasteiger partial charge in [0.15, 0.2) is 5.96 Å². The van der Waals surface area contributed by atoms with Crippen LogP contribution in [0, 0.1) is 0 Å². The van der Waals surface area contributed by atoms with Gasteiger partial charge in [-0.05, 0) is 19.1 Å².